The second-order valence-electron chi connectivity index (χ2n) is 3.79. The Labute approximate surface area is 128 Å². The van der Waals surface area contributed by atoms with Gasteiger partial charge in [0.25, 0.3) is 0 Å². The monoisotopic (exact) mass is 356 g/mol. The molecule has 0 N–H and O–H groups in total. The maximum atomic E-state index is 11.6. The molecule has 0 amide bonds. The summed E-state index contributed by atoms with van der Waals surface area (Å²) >= 11 is 9.29. The molecule has 20 heavy (non-hydrogen) atoms. The van der Waals surface area contributed by atoms with E-state index in [1.54, 1.807) is 25.1 Å². The van der Waals surface area contributed by atoms with Crippen LogP contribution in [0.5, 0.6) is 0 Å². The van der Waals surface area contributed by atoms with Crippen molar-refractivity contribution in [3.8, 4) is 5.69 Å². The molecule has 0 unspecified atom stereocenters. The molecular weight excluding hydrogens is 348 g/mol. The second kappa shape index (κ2) is 6.19. The minimum Gasteiger partial charge on any atom is -0.461 e. The summed E-state index contributed by atoms with van der Waals surface area (Å²) < 4.78 is 6.93. The van der Waals surface area contributed by atoms with Crippen LogP contribution < -0.4 is 5.43 Å². The van der Waals surface area contributed by atoms with Gasteiger partial charge in [-0.1, -0.05) is 11.6 Å². The minimum atomic E-state index is -0.741. The van der Waals surface area contributed by atoms with Crippen LogP contribution in [0.2, 0.25) is 5.02 Å². The van der Waals surface area contributed by atoms with E-state index in [1.165, 1.54) is 16.9 Å². The van der Waals surface area contributed by atoms with Gasteiger partial charge < -0.3 is 4.74 Å². The lowest BCUT2D eigenvalue weighted by molar-refractivity contribution is 0.0515. The van der Waals surface area contributed by atoms with Crippen molar-refractivity contribution in [2.24, 2.45) is 0 Å². The maximum Gasteiger partial charge on any atom is 0.362 e. The summed E-state index contributed by atoms with van der Waals surface area (Å²) in [6, 6.07) is 6.43. The smallest absolute Gasteiger partial charge is 0.362 e. The Morgan fingerprint density at radius 1 is 1.45 bits per heavy atom. The van der Waals surface area contributed by atoms with Crippen LogP contribution in [-0.2, 0) is 4.74 Å². The van der Waals surface area contributed by atoms with E-state index in [0.717, 1.165) is 4.47 Å². The highest BCUT2D eigenvalue weighted by Crippen LogP contribution is 2.24. The van der Waals surface area contributed by atoms with Gasteiger partial charge in [0, 0.05) is 16.7 Å². The fourth-order valence-corrected chi connectivity index (χ4v) is 1.94. The number of hydrogen-bond acceptors (Lipinski definition) is 4. The van der Waals surface area contributed by atoms with Gasteiger partial charge in [-0.15, -0.1) is 0 Å². The normalized spacial score (nSPS) is 10.3. The van der Waals surface area contributed by atoms with Gasteiger partial charge in [0.2, 0.25) is 11.1 Å². The molecule has 0 atom stereocenters. The number of esters is 1. The topological polar surface area (TPSA) is 61.2 Å². The Morgan fingerprint density at radius 3 is 2.85 bits per heavy atom. The molecule has 0 fully saturated rings. The van der Waals surface area contributed by atoms with Crippen molar-refractivity contribution >= 4 is 33.5 Å². The molecule has 0 spiro atoms. The molecule has 0 aliphatic rings. The third-order valence-corrected chi connectivity index (χ3v) is 3.68. The van der Waals surface area contributed by atoms with Gasteiger partial charge in [-0.05, 0) is 41.1 Å². The van der Waals surface area contributed by atoms with E-state index in [1.807, 2.05) is 0 Å². The van der Waals surface area contributed by atoms with Gasteiger partial charge in [0.05, 0.1) is 17.3 Å². The minimum absolute atomic E-state index is 0.180. The molecule has 1 aromatic carbocycles. The van der Waals surface area contributed by atoms with E-state index < -0.39 is 11.4 Å². The SMILES string of the molecule is CCOC(=O)c1nn(-c2ccc(Br)c(Cl)c2)ccc1=O. The zero-order valence-electron chi connectivity index (χ0n) is 10.5. The fourth-order valence-electron chi connectivity index (χ4n) is 1.52. The van der Waals surface area contributed by atoms with Gasteiger partial charge in [-0.25, -0.2) is 9.48 Å². The van der Waals surface area contributed by atoms with Crippen LogP contribution in [0.1, 0.15) is 17.4 Å². The number of hydrogen-bond donors (Lipinski definition) is 0. The molecule has 1 heterocycles. The lowest BCUT2D eigenvalue weighted by Crippen LogP contribution is -2.22. The highest BCUT2D eigenvalue weighted by molar-refractivity contribution is 9.10. The first-order valence-electron chi connectivity index (χ1n) is 5.75. The number of halogens is 2. The second-order valence-corrected chi connectivity index (χ2v) is 5.05. The summed E-state index contributed by atoms with van der Waals surface area (Å²) in [5.41, 5.74) is -0.111. The zero-order chi connectivity index (χ0) is 14.7. The molecule has 0 aliphatic heterocycles. The van der Waals surface area contributed by atoms with Crippen molar-refractivity contribution in [1.82, 2.24) is 9.78 Å². The predicted octanol–water partition coefficient (Wildman–Crippen LogP) is 2.83. The number of benzene rings is 1. The summed E-state index contributed by atoms with van der Waals surface area (Å²) in [4.78, 5) is 23.3. The first-order chi connectivity index (χ1) is 9.52. The van der Waals surface area contributed by atoms with Crippen LogP contribution in [0, 0.1) is 0 Å². The van der Waals surface area contributed by atoms with Crippen LogP contribution in [0.25, 0.3) is 5.69 Å². The van der Waals surface area contributed by atoms with Crippen molar-refractivity contribution < 1.29 is 9.53 Å². The molecule has 0 radical (unpaired) electrons. The van der Waals surface area contributed by atoms with Gasteiger partial charge in [0.15, 0.2) is 0 Å². The van der Waals surface area contributed by atoms with Crippen LogP contribution in [0.4, 0.5) is 0 Å². The molecule has 7 heteroatoms. The molecule has 2 rings (SSSR count). The summed E-state index contributed by atoms with van der Waals surface area (Å²) in [5, 5.41) is 4.49. The molecule has 5 nitrogen and oxygen atoms in total. The maximum absolute atomic E-state index is 11.6. The average molecular weight is 358 g/mol. The Morgan fingerprint density at radius 2 is 2.20 bits per heavy atom. The largest absolute Gasteiger partial charge is 0.461 e. The highest BCUT2D eigenvalue weighted by atomic mass is 79.9. The summed E-state index contributed by atoms with van der Waals surface area (Å²) in [6.45, 7) is 1.84. The van der Waals surface area contributed by atoms with Crippen LogP contribution in [-0.4, -0.2) is 22.4 Å². The highest BCUT2D eigenvalue weighted by Gasteiger charge is 2.14. The lowest BCUT2D eigenvalue weighted by atomic mass is 10.3. The van der Waals surface area contributed by atoms with E-state index in [4.69, 9.17) is 16.3 Å². The first kappa shape index (κ1) is 14.7. The number of ether oxygens (including phenoxy) is 1. The predicted molar refractivity (Wildman–Crippen MR) is 78.5 cm³/mol. The molecule has 0 saturated heterocycles. The first-order valence-corrected chi connectivity index (χ1v) is 6.92. The van der Waals surface area contributed by atoms with Crippen molar-refractivity contribution in [2.75, 3.05) is 6.61 Å². The van der Waals surface area contributed by atoms with E-state index in [2.05, 4.69) is 21.0 Å². The van der Waals surface area contributed by atoms with Crippen molar-refractivity contribution in [3.05, 3.63) is 55.9 Å². The lowest BCUT2D eigenvalue weighted by Gasteiger charge is -2.08. The fraction of sp³-hybridized carbons (Fsp3) is 0.154. The van der Waals surface area contributed by atoms with Crippen LogP contribution in [0.15, 0.2) is 39.7 Å². The number of rotatable bonds is 3. The van der Waals surface area contributed by atoms with E-state index in [0.29, 0.717) is 10.7 Å². The van der Waals surface area contributed by atoms with Crippen molar-refractivity contribution in [2.45, 2.75) is 6.92 Å². The van der Waals surface area contributed by atoms with Gasteiger partial charge >= 0.3 is 5.97 Å². The zero-order valence-corrected chi connectivity index (χ0v) is 12.8. The van der Waals surface area contributed by atoms with Crippen LogP contribution in [0.3, 0.4) is 0 Å². The molecule has 104 valence electrons. The molecular formula is C13H10BrClN2O3. The quantitative estimate of drug-likeness (QED) is 0.793. The number of carbonyl (C=O) groups is 1. The summed E-state index contributed by atoms with van der Waals surface area (Å²) in [7, 11) is 0. The number of aromatic nitrogens is 2. The Balaban J connectivity index is 2.48. The van der Waals surface area contributed by atoms with Gasteiger partial charge in [0.1, 0.15) is 0 Å². The van der Waals surface area contributed by atoms with Gasteiger partial charge in [-0.3, -0.25) is 4.79 Å². The Kier molecular flexibility index (Phi) is 4.57. The Bertz CT molecular complexity index is 715. The Hall–Kier alpha value is -1.66. The average Bonchev–Trinajstić information content (AvgIpc) is 2.42. The molecule has 1 aromatic heterocycles. The van der Waals surface area contributed by atoms with Crippen molar-refractivity contribution in [3.63, 3.8) is 0 Å². The summed E-state index contributed by atoms with van der Waals surface area (Å²) in [6.07, 6.45) is 1.46. The van der Waals surface area contributed by atoms with Crippen molar-refractivity contribution in [1.29, 1.82) is 0 Å². The molecule has 0 aliphatic carbocycles. The van der Waals surface area contributed by atoms with Crippen LogP contribution >= 0.6 is 27.5 Å². The van der Waals surface area contributed by atoms with Gasteiger partial charge in [-0.2, -0.15) is 5.10 Å². The number of nitrogens with zero attached hydrogens (tertiary/aromatic N) is 2. The summed E-state index contributed by atoms with van der Waals surface area (Å²) in [5.74, 6) is -0.741. The molecule has 0 saturated carbocycles. The standard InChI is InChI=1S/C13H10BrClN2O3/c1-2-20-13(19)12-11(18)5-6-17(16-12)8-3-4-9(14)10(15)7-8/h3-7H,2H2,1H3. The van der Waals surface area contributed by atoms with E-state index in [-0.39, 0.29) is 12.3 Å². The third-order valence-electron chi connectivity index (χ3n) is 2.44. The number of carbonyl (C=O) groups excluding carboxylic acids is 1. The van der Waals surface area contributed by atoms with E-state index >= 15 is 0 Å². The molecule has 0 bridgehead atoms. The molecule has 2 aromatic rings. The third kappa shape index (κ3) is 3.08. The van der Waals surface area contributed by atoms with E-state index in [9.17, 15) is 9.59 Å².